The average Bonchev–Trinajstić information content (AvgIpc) is 3.18. The van der Waals surface area contributed by atoms with E-state index in [0.29, 0.717) is 12.2 Å². The van der Waals surface area contributed by atoms with Gasteiger partial charge in [0.2, 0.25) is 0 Å². The van der Waals surface area contributed by atoms with Crippen molar-refractivity contribution in [1.29, 1.82) is 0 Å². The molecule has 26 heavy (non-hydrogen) atoms. The lowest BCUT2D eigenvalue weighted by atomic mass is 10.0. The van der Waals surface area contributed by atoms with Gasteiger partial charge < -0.3 is 15.4 Å². The summed E-state index contributed by atoms with van der Waals surface area (Å²) in [7, 11) is 1.66. The van der Waals surface area contributed by atoms with E-state index in [1.165, 1.54) is 24.3 Å². The van der Waals surface area contributed by atoms with Crippen LogP contribution >= 0.6 is 0 Å². The SMILES string of the molecule is COc1ccccc1[C@@H](CNC(=O)Nc1ccc(F)cc1)N1CCCC1. The van der Waals surface area contributed by atoms with Crippen molar-refractivity contribution in [3.8, 4) is 5.75 Å². The van der Waals surface area contributed by atoms with Crippen molar-refractivity contribution in [3.63, 3.8) is 0 Å². The molecule has 1 saturated heterocycles. The second kappa shape index (κ2) is 8.67. The summed E-state index contributed by atoms with van der Waals surface area (Å²) in [6.07, 6.45) is 2.32. The molecular formula is C20H24FN3O2. The maximum absolute atomic E-state index is 13.0. The molecule has 0 spiro atoms. The second-order valence-electron chi connectivity index (χ2n) is 6.34. The quantitative estimate of drug-likeness (QED) is 0.827. The number of nitrogens with zero attached hydrogens (tertiary/aromatic N) is 1. The number of ether oxygens (including phenoxy) is 1. The van der Waals surface area contributed by atoms with E-state index in [4.69, 9.17) is 4.74 Å². The molecule has 1 aliphatic rings. The van der Waals surface area contributed by atoms with E-state index >= 15 is 0 Å². The van der Waals surface area contributed by atoms with Crippen LogP contribution in [0.4, 0.5) is 14.9 Å². The zero-order valence-corrected chi connectivity index (χ0v) is 14.9. The Hall–Kier alpha value is -2.60. The number of carbonyl (C=O) groups excluding carboxylic acids is 1. The summed E-state index contributed by atoms with van der Waals surface area (Å²) in [5, 5.41) is 5.66. The maximum atomic E-state index is 13.0. The first-order chi connectivity index (χ1) is 12.7. The van der Waals surface area contributed by atoms with Crippen LogP contribution in [0.2, 0.25) is 0 Å². The smallest absolute Gasteiger partial charge is 0.319 e. The highest BCUT2D eigenvalue weighted by Crippen LogP contribution is 2.31. The van der Waals surface area contributed by atoms with E-state index in [0.717, 1.165) is 37.2 Å². The van der Waals surface area contributed by atoms with Crippen molar-refractivity contribution >= 4 is 11.7 Å². The van der Waals surface area contributed by atoms with Gasteiger partial charge in [0.25, 0.3) is 0 Å². The molecule has 2 aromatic rings. The molecule has 2 N–H and O–H groups in total. The van der Waals surface area contributed by atoms with Crippen LogP contribution in [-0.2, 0) is 0 Å². The molecule has 0 aliphatic carbocycles. The van der Waals surface area contributed by atoms with Gasteiger partial charge in [0.05, 0.1) is 13.2 Å². The van der Waals surface area contributed by atoms with E-state index in [9.17, 15) is 9.18 Å². The van der Waals surface area contributed by atoms with Gasteiger partial charge in [-0.05, 0) is 56.3 Å². The van der Waals surface area contributed by atoms with Gasteiger partial charge in [0.1, 0.15) is 11.6 Å². The molecule has 2 amide bonds. The van der Waals surface area contributed by atoms with Crippen LogP contribution in [0, 0.1) is 5.82 Å². The van der Waals surface area contributed by atoms with Crippen molar-refractivity contribution in [2.45, 2.75) is 18.9 Å². The molecule has 1 fully saturated rings. The lowest BCUT2D eigenvalue weighted by Gasteiger charge is -2.29. The summed E-state index contributed by atoms with van der Waals surface area (Å²) in [6, 6.07) is 13.4. The standard InChI is InChI=1S/C20H24FN3O2/c1-26-19-7-3-2-6-17(19)18(24-12-4-5-13-24)14-22-20(25)23-16-10-8-15(21)9-11-16/h2-3,6-11,18H,4-5,12-14H2,1H3,(H2,22,23,25)/t18-/m1/s1. The minimum absolute atomic E-state index is 0.0487. The predicted molar refractivity (Wildman–Crippen MR) is 100.0 cm³/mol. The number of amides is 2. The fourth-order valence-electron chi connectivity index (χ4n) is 3.33. The van der Waals surface area contributed by atoms with Crippen molar-refractivity contribution in [1.82, 2.24) is 10.2 Å². The van der Waals surface area contributed by atoms with Crippen molar-refractivity contribution < 1.29 is 13.9 Å². The number of hydrogen-bond donors (Lipinski definition) is 2. The van der Waals surface area contributed by atoms with Gasteiger partial charge >= 0.3 is 6.03 Å². The number of halogens is 1. The van der Waals surface area contributed by atoms with Crippen LogP contribution in [0.3, 0.4) is 0 Å². The normalized spacial score (nSPS) is 15.5. The summed E-state index contributed by atoms with van der Waals surface area (Å²) in [6.45, 7) is 2.47. The molecule has 3 rings (SSSR count). The zero-order valence-electron chi connectivity index (χ0n) is 14.9. The van der Waals surface area contributed by atoms with Gasteiger partial charge in [-0.15, -0.1) is 0 Å². The minimum atomic E-state index is -0.332. The molecule has 1 atom stereocenters. The number of urea groups is 1. The third-order valence-corrected chi connectivity index (χ3v) is 4.64. The number of benzene rings is 2. The number of hydrogen-bond acceptors (Lipinski definition) is 3. The van der Waals surface area contributed by atoms with Gasteiger partial charge in [-0.2, -0.15) is 0 Å². The van der Waals surface area contributed by atoms with Crippen LogP contribution in [0.15, 0.2) is 48.5 Å². The average molecular weight is 357 g/mol. The van der Waals surface area contributed by atoms with E-state index in [2.05, 4.69) is 15.5 Å². The summed E-state index contributed by atoms with van der Waals surface area (Å²) in [4.78, 5) is 14.6. The highest BCUT2D eigenvalue weighted by molar-refractivity contribution is 5.89. The van der Waals surface area contributed by atoms with Crippen LogP contribution in [0.1, 0.15) is 24.4 Å². The first kappa shape index (κ1) is 18.2. The predicted octanol–water partition coefficient (Wildman–Crippen LogP) is 3.79. The van der Waals surface area contributed by atoms with Crippen LogP contribution in [0.25, 0.3) is 0 Å². The Kier molecular flexibility index (Phi) is 6.07. The van der Waals surface area contributed by atoms with Crippen LogP contribution < -0.4 is 15.4 Å². The summed E-state index contributed by atoms with van der Waals surface area (Å²) >= 11 is 0. The highest BCUT2D eigenvalue weighted by Gasteiger charge is 2.26. The molecule has 0 aromatic heterocycles. The lowest BCUT2D eigenvalue weighted by Crippen LogP contribution is -2.38. The van der Waals surface area contributed by atoms with Gasteiger partial charge in [-0.3, -0.25) is 4.90 Å². The number of carbonyl (C=O) groups is 1. The number of para-hydroxylation sites is 1. The molecule has 6 heteroatoms. The molecule has 2 aromatic carbocycles. The Labute approximate surface area is 153 Å². The summed E-state index contributed by atoms with van der Waals surface area (Å²) in [5.41, 5.74) is 1.62. The maximum Gasteiger partial charge on any atom is 0.319 e. The third kappa shape index (κ3) is 4.52. The molecule has 0 unspecified atom stereocenters. The van der Waals surface area contributed by atoms with Gasteiger partial charge in [0.15, 0.2) is 0 Å². The number of likely N-dealkylation sites (tertiary alicyclic amines) is 1. The first-order valence-electron chi connectivity index (χ1n) is 8.85. The highest BCUT2D eigenvalue weighted by atomic mass is 19.1. The van der Waals surface area contributed by atoms with Gasteiger partial charge in [-0.1, -0.05) is 18.2 Å². The van der Waals surface area contributed by atoms with Crippen molar-refractivity contribution in [2.24, 2.45) is 0 Å². The number of nitrogens with one attached hydrogen (secondary N) is 2. The molecule has 5 nitrogen and oxygen atoms in total. The van der Waals surface area contributed by atoms with Crippen molar-refractivity contribution in [2.75, 3.05) is 32.1 Å². The Morgan fingerprint density at radius 3 is 2.54 bits per heavy atom. The molecule has 0 radical (unpaired) electrons. The Morgan fingerprint density at radius 1 is 1.15 bits per heavy atom. The monoisotopic (exact) mass is 357 g/mol. The molecule has 0 saturated carbocycles. The Balaban J connectivity index is 1.67. The fraction of sp³-hybridized carbons (Fsp3) is 0.350. The summed E-state index contributed by atoms with van der Waals surface area (Å²) in [5.74, 6) is 0.492. The van der Waals surface area contributed by atoms with Crippen LogP contribution in [0.5, 0.6) is 5.75 Å². The number of anilines is 1. The lowest BCUT2D eigenvalue weighted by molar-refractivity contribution is 0.224. The molecular weight excluding hydrogens is 333 g/mol. The van der Waals surface area contributed by atoms with Crippen LogP contribution in [-0.4, -0.2) is 37.7 Å². The Bertz CT molecular complexity index is 730. The second-order valence-corrected chi connectivity index (χ2v) is 6.34. The molecule has 0 bridgehead atoms. The number of rotatable bonds is 6. The van der Waals surface area contributed by atoms with Gasteiger partial charge in [0, 0.05) is 17.8 Å². The zero-order chi connectivity index (χ0) is 18.4. The molecule has 138 valence electrons. The van der Waals surface area contributed by atoms with Gasteiger partial charge in [-0.25, -0.2) is 9.18 Å². The van der Waals surface area contributed by atoms with Crippen molar-refractivity contribution in [3.05, 3.63) is 59.9 Å². The molecule has 1 aliphatic heterocycles. The van der Waals surface area contributed by atoms with E-state index in [-0.39, 0.29) is 17.9 Å². The third-order valence-electron chi connectivity index (χ3n) is 4.64. The van der Waals surface area contributed by atoms with E-state index in [1.54, 1.807) is 7.11 Å². The fourth-order valence-corrected chi connectivity index (χ4v) is 3.33. The number of methoxy groups -OCH3 is 1. The Morgan fingerprint density at radius 2 is 1.85 bits per heavy atom. The summed E-state index contributed by atoms with van der Waals surface area (Å²) < 4.78 is 18.5. The topological polar surface area (TPSA) is 53.6 Å². The minimum Gasteiger partial charge on any atom is -0.496 e. The van der Waals surface area contributed by atoms with E-state index < -0.39 is 0 Å². The molecule has 1 heterocycles. The first-order valence-corrected chi connectivity index (χ1v) is 8.85. The van der Waals surface area contributed by atoms with E-state index in [1.807, 2.05) is 24.3 Å². The largest absolute Gasteiger partial charge is 0.496 e.